The van der Waals surface area contributed by atoms with Gasteiger partial charge >= 0.3 is 0 Å². The summed E-state index contributed by atoms with van der Waals surface area (Å²) in [7, 11) is 0. The molecule has 2 heterocycles. The van der Waals surface area contributed by atoms with Gasteiger partial charge < -0.3 is 10.2 Å². The highest BCUT2D eigenvalue weighted by Crippen LogP contribution is 2.14. The minimum atomic E-state index is -0.122. The third-order valence-corrected chi connectivity index (χ3v) is 3.04. The van der Waals surface area contributed by atoms with Crippen molar-refractivity contribution in [3.8, 4) is 0 Å². The minimum Gasteiger partial charge on any atom is -0.370 e. The van der Waals surface area contributed by atoms with Crippen LogP contribution in [0.15, 0.2) is 42.8 Å². The van der Waals surface area contributed by atoms with Gasteiger partial charge in [-0.05, 0) is 25.1 Å². The molecule has 1 aromatic rings. The summed E-state index contributed by atoms with van der Waals surface area (Å²) in [4.78, 5) is 29.2. The zero-order chi connectivity index (χ0) is 14.5. The summed E-state index contributed by atoms with van der Waals surface area (Å²) in [6, 6.07) is 3.52. The van der Waals surface area contributed by atoms with E-state index in [0.717, 1.165) is 12.4 Å². The molecule has 0 bridgehead atoms. The van der Waals surface area contributed by atoms with E-state index in [1.807, 2.05) is 6.92 Å². The first-order valence-corrected chi connectivity index (χ1v) is 6.53. The first kappa shape index (κ1) is 14.0. The Balaban J connectivity index is 1.92. The van der Waals surface area contributed by atoms with Gasteiger partial charge in [-0.1, -0.05) is 6.58 Å². The second-order valence-corrected chi connectivity index (χ2v) is 4.45. The molecule has 0 unspecified atom stereocenters. The molecule has 0 radical (unpaired) electrons. The van der Waals surface area contributed by atoms with Crippen molar-refractivity contribution in [2.45, 2.75) is 13.3 Å². The molecule has 1 aliphatic heterocycles. The van der Waals surface area contributed by atoms with Crippen molar-refractivity contribution in [2.24, 2.45) is 0 Å². The van der Waals surface area contributed by atoms with E-state index in [-0.39, 0.29) is 18.1 Å². The number of rotatable bonds is 6. The summed E-state index contributed by atoms with van der Waals surface area (Å²) in [5.74, 6) is 0.591. The number of carbonyl (C=O) groups is 2. The van der Waals surface area contributed by atoms with Crippen molar-refractivity contribution in [3.05, 3.63) is 48.3 Å². The van der Waals surface area contributed by atoms with Crippen LogP contribution in [0, 0.1) is 0 Å². The second-order valence-electron chi connectivity index (χ2n) is 4.45. The van der Waals surface area contributed by atoms with Gasteiger partial charge in [0, 0.05) is 43.0 Å². The van der Waals surface area contributed by atoms with Gasteiger partial charge in [0.2, 0.25) is 0 Å². The number of aromatic nitrogens is 1. The van der Waals surface area contributed by atoms with E-state index in [2.05, 4.69) is 16.9 Å². The predicted octanol–water partition coefficient (Wildman–Crippen LogP) is 2.00. The summed E-state index contributed by atoms with van der Waals surface area (Å²) in [6.45, 7) is 6.87. The molecule has 0 saturated carbocycles. The lowest BCUT2D eigenvalue weighted by Gasteiger charge is -2.16. The third-order valence-electron chi connectivity index (χ3n) is 3.04. The van der Waals surface area contributed by atoms with Crippen LogP contribution in [0.3, 0.4) is 0 Å². The van der Waals surface area contributed by atoms with Gasteiger partial charge in [-0.2, -0.15) is 0 Å². The van der Waals surface area contributed by atoms with Crippen molar-refractivity contribution in [1.29, 1.82) is 0 Å². The third kappa shape index (κ3) is 3.12. The molecule has 0 aromatic carbocycles. The minimum absolute atomic E-state index is 0.0342. The lowest BCUT2D eigenvalue weighted by molar-refractivity contribution is -0.123. The molecule has 1 aromatic heterocycles. The molecule has 1 amide bonds. The van der Waals surface area contributed by atoms with Gasteiger partial charge in [0.25, 0.3) is 5.91 Å². The highest BCUT2D eigenvalue weighted by Gasteiger charge is 2.19. The SMILES string of the molecule is C=C1C=CC(=O)N1CCC(=O)c1ccc(NCC)nc1. The van der Waals surface area contributed by atoms with Gasteiger partial charge in [0.05, 0.1) is 0 Å². The first-order chi connectivity index (χ1) is 9.61. The van der Waals surface area contributed by atoms with E-state index >= 15 is 0 Å². The number of hydrogen-bond donors (Lipinski definition) is 1. The maximum atomic E-state index is 12.0. The average molecular weight is 271 g/mol. The number of nitrogens with one attached hydrogen (secondary N) is 1. The Labute approximate surface area is 118 Å². The molecule has 1 aliphatic rings. The van der Waals surface area contributed by atoms with Crippen LogP contribution < -0.4 is 5.32 Å². The fraction of sp³-hybridized carbons (Fsp3) is 0.267. The zero-order valence-corrected chi connectivity index (χ0v) is 11.4. The molecule has 20 heavy (non-hydrogen) atoms. The van der Waals surface area contributed by atoms with Gasteiger partial charge in [0.15, 0.2) is 5.78 Å². The topological polar surface area (TPSA) is 62.3 Å². The number of nitrogens with zero attached hydrogens (tertiary/aromatic N) is 2. The van der Waals surface area contributed by atoms with E-state index < -0.39 is 0 Å². The number of hydrogen-bond acceptors (Lipinski definition) is 4. The van der Waals surface area contributed by atoms with Crippen molar-refractivity contribution >= 4 is 17.5 Å². The standard InChI is InChI=1S/C15H17N3O2/c1-3-16-14-6-5-12(10-17-14)13(19)8-9-18-11(2)4-7-15(18)20/h4-7,10H,2-3,8-9H2,1H3,(H,16,17). The smallest absolute Gasteiger partial charge is 0.251 e. The Morgan fingerprint density at radius 1 is 1.40 bits per heavy atom. The Morgan fingerprint density at radius 3 is 2.75 bits per heavy atom. The Kier molecular flexibility index (Phi) is 4.30. The van der Waals surface area contributed by atoms with Crippen LogP contribution in [0.5, 0.6) is 0 Å². The Hall–Kier alpha value is -2.43. The molecule has 0 spiro atoms. The molecule has 104 valence electrons. The number of pyridine rings is 1. The number of carbonyl (C=O) groups excluding carboxylic acids is 2. The van der Waals surface area contributed by atoms with Crippen molar-refractivity contribution in [3.63, 3.8) is 0 Å². The van der Waals surface area contributed by atoms with Crippen LogP contribution in [0.2, 0.25) is 0 Å². The number of allylic oxidation sites excluding steroid dienone is 1. The van der Waals surface area contributed by atoms with Crippen LogP contribution in [-0.4, -0.2) is 34.7 Å². The zero-order valence-electron chi connectivity index (χ0n) is 11.4. The highest BCUT2D eigenvalue weighted by atomic mass is 16.2. The number of amides is 1. The molecule has 0 fully saturated rings. The number of Topliss-reactive ketones (excluding diaryl/α,β-unsaturated/α-hetero) is 1. The summed E-state index contributed by atoms with van der Waals surface area (Å²) in [5.41, 5.74) is 1.18. The maximum Gasteiger partial charge on any atom is 0.251 e. The quantitative estimate of drug-likeness (QED) is 0.804. The van der Waals surface area contributed by atoms with E-state index in [0.29, 0.717) is 17.8 Å². The van der Waals surface area contributed by atoms with Gasteiger partial charge in [-0.3, -0.25) is 9.59 Å². The second kappa shape index (κ2) is 6.14. The Bertz CT molecular complexity index is 543. The summed E-state index contributed by atoms with van der Waals surface area (Å²) < 4.78 is 0. The van der Waals surface area contributed by atoms with Crippen molar-refractivity contribution in [2.75, 3.05) is 18.4 Å². The summed E-state index contributed by atoms with van der Waals surface area (Å²) in [5, 5.41) is 3.07. The van der Waals surface area contributed by atoms with E-state index in [1.165, 1.54) is 11.0 Å². The van der Waals surface area contributed by atoms with Gasteiger partial charge in [-0.15, -0.1) is 0 Å². The van der Waals surface area contributed by atoms with Crippen LogP contribution in [0.25, 0.3) is 0 Å². The molecule has 5 heteroatoms. The molecule has 5 nitrogen and oxygen atoms in total. The monoisotopic (exact) mass is 271 g/mol. The molecule has 2 rings (SSSR count). The predicted molar refractivity (Wildman–Crippen MR) is 77.3 cm³/mol. The van der Waals surface area contributed by atoms with E-state index in [9.17, 15) is 9.59 Å². The van der Waals surface area contributed by atoms with Gasteiger partial charge in [0.1, 0.15) is 5.82 Å². The molecular formula is C15H17N3O2. The number of ketones is 1. The molecule has 0 atom stereocenters. The van der Waals surface area contributed by atoms with Crippen LogP contribution in [0.4, 0.5) is 5.82 Å². The first-order valence-electron chi connectivity index (χ1n) is 6.53. The van der Waals surface area contributed by atoms with Crippen molar-refractivity contribution in [1.82, 2.24) is 9.88 Å². The molecular weight excluding hydrogens is 254 g/mol. The van der Waals surface area contributed by atoms with Crippen LogP contribution >= 0.6 is 0 Å². The fourth-order valence-electron chi connectivity index (χ4n) is 1.94. The molecule has 0 aliphatic carbocycles. The summed E-state index contributed by atoms with van der Waals surface area (Å²) in [6.07, 6.45) is 4.92. The van der Waals surface area contributed by atoms with Crippen LogP contribution in [0.1, 0.15) is 23.7 Å². The highest BCUT2D eigenvalue weighted by molar-refractivity contribution is 5.97. The lowest BCUT2D eigenvalue weighted by atomic mass is 10.1. The van der Waals surface area contributed by atoms with E-state index in [4.69, 9.17) is 0 Å². The molecule has 1 N–H and O–H groups in total. The average Bonchev–Trinajstić information content (AvgIpc) is 2.77. The lowest BCUT2D eigenvalue weighted by Crippen LogP contribution is -2.26. The van der Waals surface area contributed by atoms with Gasteiger partial charge in [-0.25, -0.2) is 4.98 Å². The van der Waals surface area contributed by atoms with E-state index in [1.54, 1.807) is 24.4 Å². The van der Waals surface area contributed by atoms with Crippen LogP contribution in [-0.2, 0) is 4.79 Å². The van der Waals surface area contributed by atoms with Crippen molar-refractivity contribution < 1.29 is 9.59 Å². The summed E-state index contributed by atoms with van der Waals surface area (Å²) >= 11 is 0. The fourth-order valence-corrected chi connectivity index (χ4v) is 1.94. The largest absolute Gasteiger partial charge is 0.370 e. The Morgan fingerprint density at radius 2 is 2.20 bits per heavy atom. The maximum absolute atomic E-state index is 12.0. The molecule has 0 saturated heterocycles. The number of anilines is 1. The normalized spacial score (nSPS) is 13.9.